The topological polar surface area (TPSA) is 61.9 Å². The minimum atomic E-state index is 0.300. The highest BCUT2D eigenvalue weighted by Crippen LogP contribution is 2.18. The van der Waals surface area contributed by atoms with Crippen LogP contribution in [0.2, 0.25) is 5.15 Å². The Hall–Kier alpha value is -1.99. The molecule has 2 aromatic heterocycles. The molecule has 80 valence electrons. The lowest BCUT2D eigenvalue weighted by Crippen LogP contribution is -1.99. The average Bonchev–Trinajstić information content (AvgIpc) is 2.76. The maximum Gasteiger partial charge on any atom is 0.203 e. The number of aromatic nitrogens is 1. The number of anilines is 1. The minimum absolute atomic E-state index is 0.300. The van der Waals surface area contributed by atoms with Gasteiger partial charge in [-0.1, -0.05) is 11.6 Å². The summed E-state index contributed by atoms with van der Waals surface area (Å²) >= 11 is 5.87. The van der Waals surface area contributed by atoms with Crippen LogP contribution in [0.3, 0.4) is 0 Å². The molecule has 1 N–H and O–H groups in total. The van der Waals surface area contributed by atoms with Crippen molar-refractivity contribution in [2.45, 2.75) is 6.54 Å². The number of hydrogen-bond donors (Lipinski definition) is 1. The van der Waals surface area contributed by atoms with Crippen LogP contribution in [0.4, 0.5) is 5.69 Å². The molecular formula is C11H8ClN3O. The molecule has 2 rings (SSSR count). The lowest BCUT2D eigenvalue weighted by Gasteiger charge is -2.04. The van der Waals surface area contributed by atoms with Gasteiger partial charge in [-0.25, -0.2) is 4.98 Å². The number of pyridine rings is 1. The van der Waals surface area contributed by atoms with Crippen LogP contribution in [0.5, 0.6) is 0 Å². The molecular weight excluding hydrogens is 226 g/mol. The van der Waals surface area contributed by atoms with Crippen molar-refractivity contribution in [1.29, 1.82) is 5.26 Å². The number of nitriles is 1. The number of rotatable bonds is 3. The van der Waals surface area contributed by atoms with Gasteiger partial charge in [0.1, 0.15) is 11.8 Å². The molecule has 16 heavy (non-hydrogen) atoms. The molecule has 0 aliphatic heterocycles. The zero-order chi connectivity index (χ0) is 11.4. The van der Waals surface area contributed by atoms with Gasteiger partial charge >= 0.3 is 0 Å². The summed E-state index contributed by atoms with van der Waals surface area (Å²) in [5.41, 5.74) is 0.735. The molecule has 0 aliphatic rings. The molecule has 0 fully saturated rings. The maximum absolute atomic E-state index is 8.59. The van der Waals surface area contributed by atoms with Crippen molar-refractivity contribution >= 4 is 17.3 Å². The maximum atomic E-state index is 8.59. The Morgan fingerprint density at radius 2 is 2.31 bits per heavy atom. The second-order valence-corrected chi connectivity index (χ2v) is 3.43. The molecule has 0 aliphatic carbocycles. The molecule has 0 aromatic carbocycles. The van der Waals surface area contributed by atoms with Crippen LogP contribution >= 0.6 is 11.6 Å². The fourth-order valence-electron chi connectivity index (χ4n) is 1.23. The van der Waals surface area contributed by atoms with Crippen molar-refractivity contribution in [3.63, 3.8) is 0 Å². The van der Waals surface area contributed by atoms with Crippen LogP contribution in [-0.4, -0.2) is 4.98 Å². The first-order valence-corrected chi connectivity index (χ1v) is 5.00. The highest BCUT2D eigenvalue weighted by atomic mass is 35.5. The quantitative estimate of drug-likeness (QED) is 0.828. The summed E-state index contributed by atoms with van der Waals surface area (Å²) in [6.07, 6.45) is 1.62. The summed E-state index contributed by atoms with van der Waals surface area (Å²) < 4.78 is 5.21. The first kappa shape index (κ1) is 10.5. The van der Waals surface area contributed by atoms with E-state index >= 15 is 0 Å². The SMILES string of the molecule is N#Cc1ccc(CNc2cccnc2Cl)o1. The van der Waals surface area contributed by atoms with Gasteiger partial charge in [0, 0.05) is 6.20 Å². The van der Waals surface area contributed by atoms with E-state index in [0.717, 1.165) is 5.69 Å². The summed E-state index contributed by atoms with van der Waals surface area (Å²) in [7, 11) is 0. The molecule has 0 saturated heterocycles. The van der Waals surface area contributed by atoms with Gasteiger partial charge in [-0.15, -0.1) is 0 Å². The largest absolute Gasteiger partial charge is 0.449 e. The van der Waals surface area contributed by atoms with Gasteiger partial charge < -0.3 is 9.73 Å². The Kier molecular flexibility index (Phi) is 3.08. The molecule has 0 saturated carbocycles. The summed E-state index contributed by atoms with van der Waals surface area (Å²) in [5, 5.41) is 12.1. The van der Waals surface area contributed by atoms with Gasteiger partial charge in [-0.3, -0.25) is 0 Å². The molecule has 0 amide bonds. The van der Waals surface area contributed by atoms with Gasteiger partial charge in [-0.2, -0.15) is 5.26 Å². The first-order chi connectivity index (χ1) is 7.79. The van der Waals surface area contributed by atoms with E-state index in [2.05, 4.69) is 10.3 Å². The monoisotopic (exact) mass is 233 g/mol. The first-order valence-electron chi connectivity index (χ1n) is 4.63. The molecule has 4 nitrogen and oxygen atoms in total. The molecule has 5 heteroatoms. The van der Waals surface area contributed by atoms with E-state index in [1.54, 1.807) is 24.4 Å². The zero-order valence-corrected chi connectivity index (χ0v) is 9.03. The second-order valence-electron chi connectivity index (χ2n) is 3.07. The minimum Gasteiger partial charge on any atom is -0.449 e. The van der Waals surface area contributed by atoms with Gasteiger partial charge in [0.05, 0.1) is 12.2 Å². The van der Waals surface area contributed by atoms with E-state index in [1.165, 1.54) is 0 Å². The van der Waals surface area contributed by atoms with Crippen LogP contribution < -0.4 is 5.32 Å². The highest BCUT2D eigenvalue weighted by Gasteiger charge is 2.03. The Morgan fingerprint density at radius 3 is 3.00 bits per heavy atom. The number of nitrogens with one attached hydrogen (secondary N) is 1. The Morgan fingerprint density at radius 1 is 1.44 bits per heavy atom. The molecule has 0 bridgehead atoms. The standard InChI is InChI=1S/C11H8ClN3O/c12-11-10(2-1-5-14-11)15-7-9-4-3-8(6-13)16-9/h1-5,15H,7H2. The van der Waals surface area contributed by atoms with Crippen molar-refractivity contribution in [1.82, 2.24) is 4.98 Å². The third kappa shape index (κ3) is 2.33. The van der Waals surface area contributed by atoms with Crippen LogP contribution in [0.25, 0.3) is 0 Å². The van der Waals surface area contributed by atoms with Crippen LogP contribution in [0.1, 0.15) is 11.5 Å². The zero-order valence-electron chi connectivity index (χ0n) is 8.27. The molecule has 0 atom stereocenters. The number of hydrogen-bond acceptors (Lipinski definition) is 4. The lowest BCUT2D eigenvalue weighted by molar-refractivity contribution is 0.506. The predicted octanol–water partition coefficient (Wildman–Crippen LogP) is 2.81. The van der Waals surface area contributed by atoms with E-state index in [0.29, 0.717) is 23.2 Å². The number of furan rings is 1. The van der Waals surface area contributed by atoms with Crippen LogP contribution in [0, 0.1) is 11.3 Å². The highest BCUT2D eigenvalue weighted by molar-refractivity contribution is 6.31. The summed E-state index contributed by atoms with van der Waals surface area (Å²) in [4.78, 5) is 3.93. The van der Waals surface area contributed by atoms with E-state index in [-0.39, 0.29) is 0 Å². The number of nitrogens with zero attached hydrogens (tertiary/aromatic N) is 2. The molecule has 2 heterocycles. The fourth-order valence-corrected chi connectivity index (χ4v) is 1.42. The van der Waals surface area contributed by atoms with Gasteiger partial charge in [-0.05, 0) is 24.3 Å². The Balaban J connectivity index is 2.03. The Labute approximate surface area is 97.5 Å². The molecule has 0 spiro atoms. The fraction of sp³-hybridized carbons (Fsp3) is 0.0909. The average molecular weight is 234 g/mol. The Bertz CT molecular complexity index is 530. The summed E-state index contributed by atoms with van der Waals surface area (Å²) in [5.74, 6) is 0.977. The van der Waals surface area contributed by atoms with E-state index in [9.17, 15) is 0 Å². The van der Waals surface area contributed by atoms with Crippen molar-refractivity contribution < 1.29 is 4.42 Å². The van der Waals surface area contributed by atoms with Crippen LogP contribution in [-0.2, 0) is 6.54 Å². The molecule has 2 aromatic rings. The summed E-state index contributed by atoms with van der Waals surface area (Å²) in [6, 6.07) is 8.91. The number of halogens is 1. The van der Waals surface area contributed by atoms with Crippen molar-refractivity contribution in [3.05, 3.63) is 47.1 Å². The normalized spacial score (nSPS) is 9.75. The summed E-state index contributed by atoms with van der Waals surface area (Å²) in [6.45, 7) is 0.465. The predicted molar refractivity (Wildman–Crippen MR) is 60.0 cm³/mol. The van der Waals surface area contributed by atoms with Crippen LogP contribution in [0.15, 0.2) is 34.9 Å². The third-order valence-corrected chi connectivity index (χ3v) is 2.29. The van der Waals surface area contributed by atoms with Crippen molar-refractivity contribution in [2.24, 2.45) is 0 Å². The van der Waals surface area contributed by atoms with Gasteiger partial charge in [0.15, 0.2) is 5.15 Å². The smallest absolute Gasteiger partial charge is 0.203 e. The van der Waals surface area contributed by atoms with Gasteiger partial charge in [0.2, 0.25) is 5.76 Å². The second kappa shape index (κ2) is 4.69. The van der Waals surface area contributed by atoms with Gasteiger partial charge in [0.25, 0.3) is 0 Å². The lowest BCUT2D eigenvalue weighted by atomic mass is 10.4. The third-order valence-electron chi connectivity index (χ3n) is 1.98. The van der Waals surface area contributed by atoms with E-state index < -0.39 is 0 Å². The van der Waals surface area contributed by atoms with E-state index in [4.69, 9.17) is 21.3 Å². The molecule has 0 unspecified atom stereocenters. The van der Waals surface area contributed by atoms with E-state index in [1.807, 2.05) is 12.1 Å². The van der Waals surface area contributed by atoms with Crippen molar-refractivity contribution in [3.8, 4) is 6.07 Å². The molecule has 0 radical (unpaired) electrons. The van der Waals surface area contributed by atoms with Crippen molar-refractivity contribution in [2.75, 3.05) is 5.32 Å².